The van der Waals surface area contributed by atoms with Gasteiger partial charge in [0, 0.05) is 25.5 Å². The summed E-state index contributed by atoms with van der Waals surface area (Å²) in [4.78, 5) is 8.75. The largest absolute Gasteiger partial charge is 0.391 e. The van der Waals surface area contributed by atoms with Crippen molar-refractivity contribution in [1.82, 2.24) is 14.4 Å². The first kappa shape index (κ1) is 13.6. The number of anilines is 2. The van der Waals surface area contributed by atoms with Crippen LogP contribution in [-0.2, 0) is 0 Å². The maximum Gasteiger partial charge on any atom is 0.180 e. The van der Waals surface area contributed by atoms with Crippen LogP contribution < -0.4 is 10.6 Å². The van der Waals surface area contributed by atoms with Crippen molar-refractivity contribution in [3.63, 3.8) is 0 Å². The highest BCUT2D eigenvalue weighted by atomic mass is 16.3. The molecule has 0 aliphatic heterocycles. The van der Waals surface area contributed by atoms with Gasteiger partial charge in [0.2, 0.25) is 0 Å². The van der Waals surface area contributed by atoms with E-state index in [9.17, 15) is 5.11 Å². The van der Waals surface area contributed by atoms with Gasteiger partial charge in [-0.2, -0.15) is 0 Å². The van der Waals surface area contributed by atoms with Crippen LogP contribution in [0.15, 0.2) is 18.6 Å². The predicted molar refractivity (Wildman–Crippen MR) is 76.6 cm³/mol. The Morgan fingerprint density at radius 3 is 2.95 bits per heavy atom. The normalized spacial score (nSPS) is 12.6. The summed E-state index contributed by atoms with van der Waals surface area (Å²) < 4.78 is 1.92. The zero-order valence-electron chi connectivity index (χ0n) is 11.4. The Morgan fingerprint density at radius 1 is 1.37 bits per heavy atom. The summed E-state index contributed by atoms with van der Waals surface area (Å²) in [6, 6.07) is 0. The smallest absolute Gasteiger partial charge is 0.180 e. The molecule has 2 aromatic rings. The minimum absolute atomic E-state index is 0.357. The Balaban J connectivity index is 2.17. The molecule has 0 amide bonds. The van der Waals surface area contributed by atoms with E-state index < -0.39 is 0 Å². The van der Waals surface area contributed by atoms with Crippen LogP contribution in [0.5, 0.6) is 0 Å². The molecule has 1 unspecified atom stereocenters. The number of nitrogens with zero attached hydrogens (tertiary/aromatic N) is 3. The van der Waals surface area contributed by atoms with Crippen molar-refractivity contribution in [2.45, 2.75) is 32.8 Å². The number of nitrogens with one attached hydrogen (secondary N) is 2. The minimum atomic E-state index is -0.357. The highest BCUT2D eigenvalue weighted by Gasteiger charge is 2.09. The van der Waals surface area contributed by atoms with E-state index in [1.54, 1.807) is 6.20 Å². The predicted octanol–water partition coefficient (Wildman–Crippen LogP) is 1.73. The van der Waals surface area contributed by atoms with Crippen LogP contribution in [0.2, 0.25) is 0 Å². The number of rotatable bonds is 7. The van der Waals surface area contributed by atoms with Gasteiger partial charge in [0.05, 0.1) is 12.3 Å². The summed E-state index contributed by atoms with van der Waals surface area (Å²) in [5, 5.41) is 16.1. The first-order chi connectivity index (χ1) is 9.24. The molecule has 0 aliphatic rings. The van der Waals surface area contributed by atoms with Gasteiger partial charge >= 0.3 is 0 Å². The van der Waals surface area contributed by atoms with Gasteiger partial charge in [0.15, 0.2) is 11.5 Å². The van der Waals surface area contributed by atoms with Crippen molar-refractivity contribution in [2.75, 3.05) is 23.7 Å². The van der Waals surface area contributed by atoms with Gasteiger partial charge in [-0.05, 0) is 13.3 Å². The van der Waals surface area contributed by atoms with E-state index in [1.165, 1.54) is 0 Å². The summed E-state index contributed by atoms with van der Waals surface area (Å²) in [5.41, 5.74) is 0.769. The van der Waals surface area contributed by atoms with Crippen LogP contribution in [0.3, 0.4) is 0 Å². The number of aliphatic hydroxyl groups excluding tert-OH is 1. The standard InChI is InChI=1S/C13H21N5O/c1-3-5-10(19)8-16-12-13-15-6-7-18(13)9-11(17-12)14-4-2/h6-7,9-10,14,19H,3-5,8H2,1-2H3,(H,16,17). The number of hydrogen-bond acceptors (Lipinski definition) is 5. The number of aliphatic hydroxyl groups is 1. The fraction of sp³-hybridized carbons (Fsp3) is 0.538. The maximum atomic E-state index is 9.77. The molecular formula is C13H21N5O. The lowest BCUT2D eigenvalue weighted by atomic mass is 10.2. The average molecular weight is 263 g/mol. The molecule has 0 fully saturated rings. The molecule has 1 atom stereocenters. The van der Waals surface area contributed by atoms with Crippen LogP contribution in [0.4, 0.5) is 11.6 Å². The molecule has 104 valence electrons. The molecule has 0 aromatic carbocycles. The van der Waals surface area contributed by atoms with E-state index in [4.69, 9.17) is 0 Å². The Kier molecular flexibility index (Phi) is 4.57. The van der Waals surface area contributed by atoms with Crippen LogP contribution >= 0.6 is 0 Å². The first-order valence-electron chi connectivity index (χ1n) is 6.74. The highest BCUT2D eigenvalue weighted by molar-refractivity contribution is 5.65. The quantitative estimate of drug-likeness (QED) is 0.709. The summed E-state index contributed by atoms with van der Waals surface area (Å²) in [6.07, 6.45) is 6.91. The number of aromatic nitrogens is 3. The Hall–Kier alpha value is -1.82. The second-order valence-electron chi connectivity index (χ2n) is 4.49. The third kappa shape index (κ3) is 3.35. The van der Waals surface area contributed by atoms with Crippen molar-refractivity contribution in [3.05, 3.63) is 18.6 Å². The van der Waals surface area contributed by atoms with Crippen LogP contribution in [0.25, 0.3) is 5.65 Å². The molecule has 0 saturated carbocycles. The third-order valence-electron chi connectivity index (χ3n) is 2.86. The van der Waals surface area contributed by atoms with Gasteiger partial charge in [-0.25, -0.2) is 9.97 Å². The topological polar surface area (TPSA) is 74.5 Å². The lowest BCUT2D eigenvalue weighted by molar-refractivity contribution is 0.176. The number of hydrogen-bond donors (Lipinski definition) is 3. The Labute approximate surface area is 112 Å². The summed E-state index contributed by atoms with van der Waals surface area (Å²) >= 11 is 0. The van der Waals surface area contributed by atoms with E-state index in [1.807, 2.05) is 23.7 Å². The van der Waals surface area contributed by atoms with E-state index in [2.05, 4.69) is 27.5 Å². The van der Waals surface area contributed by atoms with Gasteiger partial charge in [-0.1, -0.05) is 13.3 Å². The zero-order valence-corrected chi connectivity index (χ0v) is 11.4. The van der Waals surface area contributed by atoms with Crippen molar-refractivity contribution >= 4 is 17.3 Å². The molecule has 0 saturated heterocycles. The lowest BCUT2D eigenvalue weighted by Gasteiger charge is -2.13. The zero-order chi connectivity index (χ0) is 13.7. The van der Waals surface area contributed by atoms with Crippen LogP contribution in [0.1, 0.15) is 26.7 Å². The van der Waals surface area contributed by atoms with E-state index in [0.29, 0.717) is 12.4 Å². The van der Waals surface area contributed by atoms with Gasteiger partial charge in [0.25, 0.3) is 0 Å². The van der Waals surface area contributed by atoms with E-state index in [0.717, 1.165) is 30.9 Å². The SMILES string of the molecule is CCCC(O)CNc1nc(NCC)cn2ccnc12. The number of fused-ring (bicyclic) bond motifs is 1. The molecular weight excluding hydrogens is 242 g/mol. The molecule has 2 aromatic heterocycles. The molecule has 0 bridgehead atoms. The number of imidazole rings is 1. The molecule has 2 rings (SSSR count). The van der Waals surface area contributed by atoms with Crippen molar-refractivity contribution in [1.29, 1.82) is 0 Å². The van der Waals surface area contributed by atoms with Crippen molar-refractivity contribution in [3.8, 4) is 0 Å². The second kappa shape index (κ2) is 6.38. The molecule has 0 spiro atoms. The van der Waals surface area contributed by atoms with E-state index in [-0.39, 0.29) is 6.10 Å². The van der Waals surface area contributed by atoms with Crippen molar-refractivity contribution in [2.24, 2.45) is 0 Å². The molecule has 3 N–H and O–H groups in total. The molecule has 0 radical (unpaired) electrons. The first-order valence-corrected chi connectivity index (χ1v) is 6.74. The van der Waals surface area contributed by atoms with Crippen molar-refractivity contribution < 1.29 is 5.11 Å². The molecule has 6 nitrogen and oxygen atoms in total. The molecule has 19 heavy (non-hydrogen) atoms. The third-order valence-corrected chi connectivity index (χ3v) is 2.86. The van der Waals surface area contributed by atoms with Gasteiger partial charge in [0.1, 0.15) is 5.82 Å². The molecule has 2 heterocycles. The monoisotopic (exact) mass is 263 g/mol. The highest BCUT2D eigenvalue weighted by Crippen LogP contribution is 2.16. The molecule has 0 aliphatic carbocycles. The lowest BCUT2D eigenvalue weighted by Crippen LogP contribution is -2.20. The summed E-state index contributed by atoms with van der Waals surface area (Å²) in [7, 11) is 0. The van der Waals surface area contributed by atoms with E-state index >= 15 is 0 Å². The van der Waals surface area contributed by atoms with Gasteiger partial charge in [-0.3, -0.25) is 0 Å². The van der Waals surface area contributed by atoms with Crippen LogP contribution in [0, 0.1) is 0 Å². The summed E-state index contributed by atoms with van der Waals surface area (Å²) in [6.45, 7) is 5.38. The maximum absolute atomic E-state index is 9.77. The fourth-order valence-electron chi connectivity index (χ4n) is 1.97. The summed E-state index contributed by atoms with van der Waals surface area (Å²) in [5.74, 6) is 1.49. The Bertz CT molecular complexity index is 525. The molecule has 6 heteroatoms. The van der Waals surface area contributed by atoms with Gasteiger partial charge < -0.3 is 20.1 Å². The Morgan fingerprint density at radius 2 is 2.21 bits per heavy atom. The van der Waals surface area contributed by atoms with Crippen LogP contribution in [-0.4, -0.2) is 38.7 Å². The minimum Gasteiger partial charge on any atom is -0.391 e. The average Bonchev–Trinajstić information content (AvgIpc) is 2.85. The fourth-order valence-corrected chi connectivity index (χ4v) is 1.97. The second-order valence-corrected chi connectivity index (χ2v) is 4.49. The van der Waals surface area contributed by atoms with Gasteiger partial charge in [-0.15, -0.1) is 0 Å².